The lowest BCUT2D eigenvalue weighted by Crippen LogP contribution is -2.17. The van der Waals surface area contributed by atoms with Gasteiger partial charge in [0.2, 0.25) is 0 Å². The van der Waals surface area contributed by atoms with Gasteiger partial charge < -0.3 is 0 Å². The summed E-state index contributed by atoms with van der Waals surface area (Å²) in [6, 6.07) is 0. The molecular weight excluding hydrogens is 160 g/mol. The quantitative estimate of drug-likeness (QED) is 0.589. The molecular formula is C12H23O. The molecule has 0 aromatic carbocycles. The molecule has 0 rings (SSSR count). The van der Waals surface area contributed by atoms with Crippen molar-refractivity contribution >= 4 is 5.78 Å². The van der Waals surface area contributed by atoms with Crippen LogP contribution in [0.1, 0.15) is 53.4 Å². The van der Waals surface area contributed by atoms with Crippen molar-refractivity contribution in [3.8, 4) is 0 Å². The number of Topliss-reactive ketones (excluding diaryl/α,β-unsaturated/α-hetero) is 1. The molecule has 0 unspecified atom stereocenters. The second-order valence-electron chi connectivity index (χ2n) is 3.66. The van der Waals surface area contributed by atoms with Crippen molar-refractivity contribution in [2.45, 2.75) is 53.4 Å². The molecule has 0 saturated carbocycles. The van der Waals surface area contributed by atoms with E-state index in [-0.39, 0.29) is 5.92 Å². The minimum absolute atomic E-state index is 0.264. The van der Waals surface area contributed by atoms with Crippen molar-refractivity contribution in [3.63, 3.8) is 0 Å². The first-order chi connectivity index (χ1) is 6.19. The van der Waals surface area contributed by atoms with Crippen LogP contribution in [0.15, 0.2) is 0 Å². The Morgan fingerprint density at radius 1 is 1.00 bits per heavy atom. The van der Waals surface area contributed by atoms with Gasteiger partial charge in [-0.1, -0.05) is 40.5 Å². The Morgan fingerprint density at radius 2 is 1.46 bits per heavy atom. The molecule has 0 aromatic rings. The van der Waals surface area contributed by atoms with Gasteiger partial charge in [0.05, 0.1) is 0 Å². The zero-order valence-corrected chi connectivity index (χ0v) is 9.47. The fourth-order valence-corrected chi connectivity index (χ4v) is 1.58. The predicted molar refractivity (Wildman–Crippen MR) is 57.5 cm³/mol. The van der Waals surface area contributed by atoms with E-state index in [4.69, 9.17) is 0 Å². The van der Waals surface area contributed by atoms with Crippen LogP contribution in [0.4, 0.5) is 0 Å². The van der Waals surface area contributed by atoms with Gasteiger partial charge in [-0.3, -0.25) is 4.79 Å². The Balaban J connectivity index is 3.95. The molecule has 0 heterocycles. The molecule has 0 aliphatic rings. The first-order valence-corrected chi connectivity index (χ1v) is 5.58. The third kappa shape index (κ3) is 4.44. The molecule has 1 nitrogen and oxygen atoms in total. The number of carbonyl (C=O) groups is 1. The van der Waals surface area contributed by atoms with Crippen molar-refractivity contribution in [2.75, 3.05) is 0 Å². The normalized spacial score (nSPS) is 11.2. The first-order valence-electron chi connectivity index (χ1n) is 5.58. The Labute approximate surface area is 82.9 Å². The van der Waals surface area contributed by atoms with E-state index in [1.54, 1.807) is 0 Å². The Morgan fingerprint density at radius 3 is 1.77 bits per heavy atom. The summed E-state index contributed by atoms with van der Waals surface area (Å²) < 4.78 is 0. The van der Waals surface area contributed by atoms with Gasteiger partial charge in [0.15, 0.2) is 0 Å². The van der Waals surface area contributed by atoms with Crippen molar-refractivity contribution < 1.29 is 4.79 Å². The smallest absolute Gasteiger partial charge is 0.140 e. The van der Waals surface area contributed by atoms with Gasteiger partial charge in [0, 0.05) is 12.3 Å². The summed E-state index contributed by atoms with van der Waals surface area (Å²) in [5.74, 6) is 1.12. The SMILES string of the molecule is CCC([CH]C(=O)C(CC)CC)CC. The average Bonchev–Trinajstić information content (AvgIpc) is 2.16. The highest BCUT2D eigenvalue weighted by molar-refractivity contribution is 5.89. The second-order valence-corrected chi connectivity index (χ2v) is 3.66. The van der Waals surface area contributed by atoms with Crippen LogP contribution in [0, 0.1) is 18.3 Å². The zero-order chi connectivity index (χ0) is 10.3. The molecule has 77 valence electrons. The molecule has 0 fully saturated rings. The van der Waals surface area contributed by atoms with Crippen LogP contribution in [0.5, 0.6) is 0 Å². The van der Waals surface area contributed by atoms with Crippen LogP contribution in [-0.2, 0) is 4.79 Å². The summed E-state index contributed by atoms with van der Waals surface area (Å²) in [4.78, 5) is 11.7. The lowest BCUT2D eigenvalue weighted by Gasteiger charge is -2.15. The Hall–Kier alpha value is -0.330. The van der Waals surface area contributed by atoms with Gasteiger partial charge in [-0.25, -0.2) is 0 Å². The van der Waals surface area contributed by atoms with Crippen molar-refractivity contribution in [1.29, 1.82) is 0 Å². The highest BCUT2D eigenvalue weighted by Gasteiger charge is 2.17. The number of hydrogen-bond acceptors (Lipinski definition) is 1. The summed E-state index contributed by atoms with van der Waals surface area (Å²) in [5.41, 5.74) is 0. The lowest BCUT2D eigenvalue weighted by atomic mass is 9.88. The molecule has 1 radical (unpaired) electrons. The van der Waals surface area contributed by atoms with E-state index in [1.165, 1.54) is 0 Å². The number of carbonyl (C=O) groups excluding carboxylic acids is 1. The average molecular weight is 183 g/mol. The minimum atomic E-state index is 0.264. The van der Waals surface area contributed by atoms with E-state index in [2.05, 4.69) is 27.7 Å². The fraction of sp³-hybridized carbons (Fsp3) is 0.833. The van der Waals surface area contributed by atoms with Crippen LogP contribution in [0.3, 0.4) is 0 Å². The monoisotopic (exact) mass is 183 g/mol. The van der Waals surface area contributed by atoms with E-state index in [9.17, 15) is 4.79 Å². The predicted octanol–water partition coefficient (Wildman–Crippen LogP) is 3.63. The van der Waals surface area contributed by atoms with Gasteiger partial charge >= 0.3 is 0 Å². The van der Waals surface area contributed by atoms with E-state index >= 15 is 0 Å². The lowest BCUT2D eigenvalue weighted by molar-refractivity contribution is -0.120. The maximum atomic E-state index is 11.7. The third-order valence-electron chi connectivity index (χ3n) is 2.84. The highest BCUT2D eigenvalue weighted by atomic mass is 16.1. The van der Waals surface area contributed by atoms with Gasteiger partial charge in [-0.15, -0.1) is 0 Å². The summed E-state index contributed by atoms with van der Waals surface area (Å²) in [6.07, 6.45) is 6.07. The molecule has 0 N–H and O–H groups in total. The zero-order valence-electron chi connectivity index (χ0n) is 9.47. The molecule has 13 heavy (non-hydrogen) atoms. The number of rotatable bonds is 7. The van der Waals surface area contributed by atoms with E-state index < -0.39 is 0 Å². The first kappa shape index (κ1) is 12.7. The van der Waals surface area contributed by atoms with E-state index in [1.807, 2.05) is 6.42 Å². The summed E-state index contributed by atoms with van der Waals surface area (Å²) in [6.45, 7) is 8.47. The molecule has 0 aliphatic carbocycles. The van der Waals surface area contributed by atoms with Gasteiger partial charge in [-0.2, -0.15) is 0 Å². The molecule has 0 amide bonds. The maximum Gasteiger partial charge on any atom is 0.140 e. The number of hydrogen-bond donors (Lipinski definition) is 0. The topological polar surface area (TPSA) is 17.1 Å². The fourth-order valence-electron chi connectivity index (χ4n) is 1.58. The van der Waals surface area contributed by atoms with Crippen LogP contribution < -0.4 is 0 Å². The molecule has 0 saturated heterocycles. The maximum absolute atomic E-state index is 11.7. The summed E-state index contributed by atoms with van der Waals surface area (Å²) >= 11 is 0. The van der Waals surface area contributed by atoms with Crippen molar-refractivity contribution in [1.82, 2.24) is 0 Å². The standard InChI is InChI=1S/C12H23O/c1-5-10(6-2)9-12(13)11(7-3)8-4/h9-11H,5-8H2,1-4H3. The van der Waals surface area contributed by atoms with Crippen molar-refractivity contribution in [3.05, 3.63) is 6.42 Å². The molecule has 0 spiro atoms. The molecule has 0 atom stereocenters. The van der Waals surface area contributed by atoms with E-state index in [0.29, 0.717) is 11.7 Å². The number of ketones is 1. The van der Waals surface area contributed by atoms with Crippen LogP contribution in [0.25, 0.3) is 0 Å². The highest BCUT2D eigenvalue weighted by Crippen LogP contribution is 2.18. The van der Waals surface area contributed by atoms with Crippen LogP contribution in [-0.4, -0.2) is 5.78 Å². The molecule has 0 aliphatic heterocycles. The Bertz CT molecular complexity index is 132. The van der Waals surface area contributed by atoms with Gasteiger partial charge in [-0.05, 0) is 18.8 Å². The van der Waals surface area contributed by atoms with Gasteiger partial charge in [0.1, 0.15) is 5.78 Å². The van der Waals surface area contributed by atoms with Crippen molar-refractivity contribution in [2.24, 2.45) is 11.8 Å². The summed E-state index contributed by atoms with van der Waals surface area (Å²) in [7, 11) is 0. The van der Waals surface area contributed by atoms with Gasteiger partial charge in [0.25, 0.3) is 0 Å². The minimum Gasteiger partial charge on any atom is -0.299 e. The molecule has 0 aromatic heterocycles. The summed E-state index contributed by atoms with van der Waals surface area (Å²) in [5, 5.41) is 0. The van der Waals surface area contributed by atoms with Crippen LogP contribution in [0.2, 0.25) is 0 Å². The Kier molecular flexibility index (Phi) is 6.93. The largest absolute Gasteiger partial charge is 0.299 e. The second kappa shape index (κ2) is 7.11. The van der Waals surface area contributed by atoms with E-state index in [0.717, 1.165) is 25.7 Å². The molecule has 0 bridgehead atoms. The third-order valence-corrected chi connectivity index (χ3v) is 2.84. The van der Waals surface area contributed by atoms with Crippen LogP contribution >= 0.6 is 0 Å². The molecule has 1 heteroatoms.